The third-order valence-corrected chi connectivity index (χ3v) is 5.67. The fourth-order valence-corrected chi connectivity index (χ4v) is 3.83. The molecule has 0 aliphatic carbocycles. The summed E-state index contributed by atoms with van der Waals surface area (Å²) in [5.74, 6) is 1.21. The molecule has 1 heterocycles. The number of carbonyl (C=O) groups excluding carboxylic acids is 1. The first-order chi connectivity index (χ1) is 17.9. The molecule has 0 radical (unpaired) electrons. The third-order valence-electron chi connectivity index (χ3n) is 5.41. The molecule has 4 aromatic carbocycles. The van der Waals surface area contributed by atoms with Crippen LogP contribution in [0, 0.1) is 10.1 Å². The van der Waals surface area contributed by atoms with Crippen LogP contribution in [0.1, 0.15) is 16.3 Å². The molecule has 1 aromatic heterocycles. The molecule has 0 unspecified atom stereocenters. The van der Waals surface area contributed by atoms with Crippen molar-refractivity contribution < 1.29 is 23.6 Å². The van der Waals surface area contributed by atoms with Crippen LogP contribution in [0.15, 0.2) is 101 Å². The number of nitro groups is 1. The van der Waals surface area contributed by atoms with Gasteiger partial charge in [0.2, 0.25) is 0 Å². The summed E-state index contributed by atoms with van der Waals surface area (Å²) in [5.41, 5.74) is -0.0708. The Morgan fingerprint density at radius 2 is 1.70 bits per heavy atom. The fourth-order valence-electron chi connectivity index (χ4n) is 3.70. The number of fused-ring (bicyclic) bond motifs is 1. The Hall–Kier alpha value is -4.82. The minimum absolute atomic E-state index is 0.0307. The van der Waals surface area contributed by atoms with E-state index in [2.05, 4.69) is 5.32 Å². The summed E-state index contributed by atoms with van der Waals surface area (Å²) < 4.78 is 17.3. The van der Waals surface area contributed by atoms with Gasteiger partial charge in [0.1, 0.15) is 29.6 Å². The number of nitrogens with one attached hydrogen (secondary N) is 1. The highest BCUT2D eigenvalue weighted by Crippen LogP contribution is 2.31. The number of ether oxygens (including phenoxy) is 2. The summed E-state index contributed by atoms with van der Waals surface area (Å²) in [4.78, 5) is 23.6. The number of rotatable bonds is 8. The minimum atomic E-state index is -0.575. The maximum atomic E-state index is 12.8. The number of halogens is 1. The van der Waals surface area contributed by atoms with Crippen LogP contribution in [-0.4, -0.2) is 10.8 Å². The number of anilines is 1. The van der Waals surface area contributed by atoms with Crippen LogP contribution in [0.3, 0.4) is 0 Å². The van der Waals surface area contributed by atoms with Crippen molar-refractivity contribution in [2.45, 2.75) is 6.61 Å². The van der Waals surface area contributed by atoms with E-state index < -0.39 is 10.8 Å². The first-order valence-electron chi connectivity index (χ1n) is 11.2. The topological polar surface area (TPSA) is 104 Å². The predicted molar refractivity (Wildman–Crippen MR) is 140 cm³/mol. The number of furan rings is 1. The zero-order valence-corrected chi connectivity index (χ0v) is 20.0. The molecule has 0 fully saturated rings. The van der Waals surface area contributed by atoms with Crippen LogP contribution < -0.4 is 14.8 Å². The molecule has 0 aliphatic rings. The first kappa shape index (κ1) is 23.9. The molecule has 37 heavy (non-hydrogen) atoms. The first-order valence-corrected chi connectivity index (χ1v) is 11.6. The van der Waals surface area contributed by atoms with Crippen molar-refractivity contribution >= 4 is 39.7 Å². The Morgan fingerprint density at radius 1 is 0.919 bits per heavy atom. The monoisotopic (exact) mass is 514 g/mol. The quantitative estimate of drug-likeness (QED) is 0.169. The third kappa shape index (κ3) is 5.71. The Labute approximate surface area is 216 Å². The van der Waals surface area contributed by atoms with E-state index in [0.29, 0.717) is 22.3 Å². The number of nitro benzene ring substituents is 1. The smallest absolute Gasteiger partial charge is 0.291 e. The lowest BCUT2D eigenvalue weighted by molar-refractivity contribution is -0.384. The van der Waals surface area contributed by atoms with Crippen molar-refractivity contribution in [2.24, 2.45) is 0 Å². The molecule has 5 aromatic rings. The van der Waals surface area contributed by atoms with Gasteiger partial charge in [0.15, 0.2) is 5.76 Å². The van der Waals surface area contributed by atoms with E-state index in [9.17, 15) is 14.9 Å². The molecule has 1 N–H and O–H groups in total. The molecule has 0 bridgehead atoms. The Kier molecular flexibility index (Phi) is 6.74. The van der Waals surface area contributed by atoms with Gasteiger partial charge in [0, 0.05) is 22.5 Å². The van der Waals surface area contributed by atoms with E-state index in [4.69, 9.17) is 25.5 Å². The van der Waals surface area contributed by atoms with Crippen molar-refractivity contribution in [1.29, 1.82) is 0 Å². The fraction of sp³-hybridized carbons (Fsp3) is 0.0357. The molecule has 0 aliphatic heterocycles. The van der Waals surface area contributed by atoms with E-state index in [1.165, 1.54) is 24.3 Å². The van der Waals surface area contributed by atoms with Crippen LogP contribution >= 0.6 is 11.6 Å². The van der Waals surface area contributed by atoms with Crippen molar-refractivity contribution in [3.8, 4) is 17.2 Å². The highest BCUT2D eigenvalue weighted by molar-refractivity contribution is 6.30. The van der Waals surface area contributed by atoms with Crippen LogP contribution in [0.4, 0.5) is 11.4 Å². The highest BCUT2D eigenvalue weighted by atomic mass is 35.5. The molecule has 0 spiro atoms. The van der Waals surface area contributed by atoms with Crippen molar-refractivity contribution in [3.05, 3.63) is 124 Å². The molecule has 0 saturated heterocycles. The lowest BCUT2D eigenvalue weighted by Gasteiger charge is -2.09. The normalized spacial score (nSPS) is 10.7. The molecular formula is C28H19ClN2O6. The molecule has 1 amide bonds. The van der Waals surface area contributed by atoms with Gasteiger partial charge >= 0.3 is 0 Å². The van der Waals surface area contributed by atoms with Crippen LogP contribution in [0.2, 0.25) is 5.02 Å². The average Bonchev–Trinajstić information content (AvgIpc) is 3.38. The summed E-state index contributed by atoms with van der Waals surface area (Å²) >= 11 is 5.89. The largest absolute Gasteiger partial charge is 0.485 e. The van der Waals surface area contributed by atoms with Crippen LogP contribution in [0.25, 0.3) is 10.8 Å². The summed E-state index contributed by atoms with van der Waals surface area (Å²) in [5, 5.41) is 16.6. The van der Waals surface area contributed by atoms with Crippen molar-refractivity contribution in [1.82, 2.24) is 0 Å². The van der Waals surface area contributed by atoms with Gasteiger partial charge < -0.3 is 19.2 Å². The maximum Gasteiger partial charge on any atom is 0.291 e. The highest BCUT2D eigenvalue weighted by Gasteiger charge is 2.16. The molecule has 9 heteroatoms. The van der Waals surface area contributed by atoms with E-state index in [0.717, 1.165) is 10.8 Å². The lowest BCUT2D eigenvalue weighted by Crippen LogP contribution is -2.11. The summed E-state index contributed by atoms with van der Waals surface area (Å²) in [6.45, 7) is 0.122. The minimum Gasteiger partial charge on any atom is -0.485 e. The molecule has 5 rings (SSSR count). The Morgan fingerprint density at radius 3 is 2.51 bits per heavy atom. The van der Waals surface area contributed by atoms with Gasteiger partial charge in [0.05, 0.1) is 16.7 Å². The second-order valence-corrected chi connectivity index (χ2v) is 8.45. The second-order valence-electron chi connectivity index (χ2n) is 8.01. The Balaban J connectivity index is 1.29. The summed E-state index contributed by atoms with van der Waals surface area (Å²) in [7, 11) is 0. The van der Waals surface area contributed by atoms with Crippen LogP contribution in [0.5, 0.6) is 17.2 Å². The van der Waals surface area contributed by atoms with Gasteiger partial charge in [-0.05, 0) is 47.9 Å². The van der Waals surface area contributed by atoms with Gasteiger partial charge in [-0.15, -0.1) is 0 Å². The zero-order chi connectivity index (χ0) is 25.8. The van der Waals surface area contributed by atoms with Gasteiger partial charge in [-0.2, -0.15) is 0 Å². The average molecular weight is 515 g/mol. The van der Waals surface area contributed by atoms with E-state index in [-0.39, 0.29) is 29.5 Å². The van der Waals surface area contributed by atoms with Gasteiger partial charge in [-0.1, -0.05) is 48.0 Å². The number of carbonyl (C=O) groups is 1. The van der Waals surface area contributed by atoms with Crippen LogP contribution in [-0.2, 0) is 6.61 Å². The van der Waals surface area contributed by atoms with Gasteiger partial charge in [-0.3, -0.25) is 14.9 Å². The zero-order valence-electron chi connectivity index (χ0n) is 19.2. The molecular weight excluding hydrogens is 496 g/mol. The van der Waals surface area contributed by atoms with Crippen molar-refractivity contribution in [3.63, 3.8) is 0 Å². The second kappa shape index (κ2) is 10.4. The molecule has 0 saturated carbocycles. The lowest BCUT2D eigenvalue weighted by atomic mass is 10.1. The SMILES string of the molecule is O=C(Nc1cc(Oc2ccc(Cl)cc2)cc([N+](=O)[O-])c1)c1ccc(COc2cccc3ccccc23)o1. The predicted octanol–water partition coefficient (Wildman–Crippen LogP) is 7.62. The van der Waals surface area contributed by atoms with Gasteiger partial charge in [0.25, 0.3) is 11.6 Å². The number of nitrogens with zero attached hydrogens (tertiary/aromatic N) is 1. The molecule has 184 valence electrons. The Bertz CT molecular complexity index is 1590. The standard InChI is InChI=1S/C28H19ClN2O6/c29-19-8-10-22(11-9-19)36-24-15-20(14-21(16-24)31(33)34)30-28(32)27-13-12-23(37-27)17-35-26-7-3-5-18-4-1-2-6-25(18)26/h1-16H,17H2,(H,30,32). The van der Waals surface area contributed by atoms with E-state index >= 15 is 0 Å². The molecule has 8 nitrogen and oxygen atoms in total. The maximum absolute atomic E-state index is 12.8. The van der Waals surface area contributed by atoms with E-state index in [1.54, 1.807) is 30.3 Å². The van der Waals surface area contributed by atoms with Crippen molar-refractivity contribution in [2.75, 3.05) is 5.32 Å². The number of hydrogen-bond donors (Lipinski definition) is 1. The summed E-state index contributed by atoms with van der Waals surface area (Å²) in [6.07, 6.45) is 0. The van der Waals surface area contributed by atoms with Gasteiger partial charge in [-0.25, -0.2) is 0 Å². The number of non-ortho nitro benzene ring substituents is 1. The molecule has 0 atom stereocenters. The summed E-state index contributed by atoms with van der Waals surface area (Å²) in [6, 6.07) is 27.3. The van der Waals surface area contributed by atoms with E-state index in [1.807, 2.05) is 42.5 Å². The number of amides is 1. The number of benzene rings is 4. The number of hydrogen-bond acceptors (Lipinski definition) is 6.